The highest BCUT2D eigenvalue weighted by molar-refractivity contribution is 7.98. The van der Waals surface area contributed by atoms with Crippen molar-refractivity contribution in [3.05, 3.63) is 0 Å². The molecule has 0 aromatic rings. The van der Waals surface area contributed by atoms with Crippen LogP contribution in [-0.4, -0.2) is 83.5 Å². The van der Waals surface area contributed by atoms with Crippen molar-refractivity contribution in [3.8, 4) is 0 Å². The number of carbonyl (C=O) groups is 4. The lowest BCUT2D eigenvalue weighted by molar-refractivity contribution is -0.142. The molecule has 9 nitrogen and oxygen atoms in total. The predicted octanol–water partition coefficient (Wildman–Crippen LogP) is 0.830. The fraction of sp³-hybridized carbons (Fsp3) is 0.818. The van der Waals surface area contributed by atoms with E-state index in [-0.39, 0.29) is 36.2 Å². The molecule has 0 spiro atoms. The van der Waals surface area contributed by atoms with Crippen molar-refractivity contribution in [2.24, 2.45) is 11.8 Å². The van der Waals surface area contributed by atoms with E-state index in [1.165, 1.54) is 0 Å². The van der Waals surface area contributed by atoms with Crippen LogP contribution in [0.25, 0.3) is 0 Å². The van der Waals surface area contributed by atoms with Crippen LogP contribution in [0.2, 0.25) is 0 Å². The number of carbonyl (C=O) groups excluding carboxylic acids is 3. The molecule has 3 amide bonds. The van der Waals surface area contributed by atoms with Gasteiger partial charge in [-0.1, -0.05) is 20.3 Å². The number of aliphatic carboxylic acids is 1. The quantitative estimate of drug-likeness (QED) is 0.279. The third kappa shape index (κ3) is 8.97. The van der Waals surface area contributed by atoms with Crippen molar-refractivity contribution in [1.29, 1.82) is 0 Å². The smallest absolute Gasteiger partial charge is 0.326 e. The Kier molecular flexibility index (Phi) is 10.8. The average Bonchev–Trinajstić information content (AvgIpc) is 3.45. The first-order valence-electron chi connectivity index (χ1n) is 11.6. The van der Waals surface area contributed by atoms with E-state index in [1.54, 1.807) is 11.8 Å². The summed E-state index contributed by atoms with van der Waals surface area (Å²) in [7, 11) is 0. The maximum absolute atomic E-state index is 12.7. The molecular formula is C22H38N4O5S. The van der Waals surface area contributed by atoms with Gasteiger partial charge in [-0.2, -0.15) is 11.8 Å². The number of nitrogens with zero attached hydrogens (tertiary/aromatic N) is 1. The number of carboxylic acids is 1. The summed E-state index contributed by atoms with van der Waals surface area (Å²) < 4.78 is 0. The summed E-state index contributed by atoms with van der Waals surface area (Å²) >= 11 is 1.54. The topological polar surface area (TPSA) is 128 Å². The van der Waals surface area contributed by atoms with Gasteiger partial charge < -0.3 is 21.1 Å². The molecule has 32 heavy (non-hydrogen) atoms. The molecule has 0 aromatic carbocycles. The maximum Gasteiger partial charge on any atom is 0.326 e. The first-order valence-corrected chi connectivity index (χ1v) is 13.0. The van der Waals surface area contributed by atoms with Crippen LogP contribution in [-0.2, 0) is 19.2 Å². The lowest BCUT2D eigenvalue weighted by atomic mass is 9.97. The zero-order valence-corrected chi connectivity index (χ0v) is 20.2. The molecule has 2 fully saturated rings. The number of nitrogens with one attached hydrogen (secondary N) is 3. The SMILES string of the molecule is CC[C@H](C)[C@@H](CN(CC(=O)N[C@@H](CCSC)C(=O)O)CC1CC1)NC(=O)[C@@H]1CCC(=O)N1. The van der Waals surface area contributed by atoms with Crippen LogP contribution in [0.15, 0.2) is 0 Å². The van der Waals surface area contributed by atoms with Crippen LogP contribution >= 0.6 is 11.8 Å². The van der Waals surface area contributed by atoms with Gasteiger partial charge in [0.25, 0.3) is 0 Å². The van der Waals surface area contributed by atoms with Gasteiger partial charge in [0.15, 0.2) is 0 Å². The Morgan fingerprint density at radius 1 is 1.25 bits per heavy atom. The molecule has 2 aliphatic rings. The predicted molar refractivity (Wildman–Crippen MR) is 124 cm³/mol. The fourth-order valence-electron chi connectivity index (χ4n) is 3.83. The number of amides is 3. The molecular weight excluding hydrogens is 432 g/mol. The molecule has 0 unspecified atom stereocenters. The van der Waals surface area contributed by atoms with E-state index in [1.807, 2.05) is 11.2 Å². The van der Waals surface area contributed by atoms with Crippen molar-refractivity contribution in [3.63, 3.8) is 0 Å². The molecule has 1 saturated carbocycles. The number of hydrogen-bond donors (Lipinski definition) is 4. The second-order valence-electron chi connectivity index (χ2n) is 9.04. The van der Waals surface area contributed by atoms with E-state index in [0.717, 1.165) is 25.8 Å². The van der Waals surface area contributed by atoms with Crippen LogP contribution in [0.4, 0.5) is 0 Å². The van der Waals surface area contributed by atoms with E-state index in [9.17, 15) is 24.3 Å². The Morgan fingerprint density at radius 2 is 1.97 bits per heavy atom. The minimum Gasteiger partial charge on any atom is -0.480 e. The van der Waals surface area contributed by atoms with Gasteiger partial charge in [-0.05, 0) is 49.5 Å². The minimum atomic E-state index is -1.02. The second kappa shape index (κ2) is 13.0. The standard InChI is InChI=1S/C22H38N4O5S/c1-4-14(2)18(25-21(29)16-7-8-19(27)23-16)12-26(11-15-5-6-15)13-20(28)24-17(22(30)31)9-10-32-3/h14-18H,4-13H2,1-3H3,(H,23,27)(H,24,28)(H,25,29)(H,30,31)/t14-,16-,17-,18+/m0/s1. The fourth-order valence-corrected chi connectivity index (χ4v) is 4.30. The monoisotopic (exact) mass is 470 g/mol. The Bertz CT molecular complexity index is 673. The minimum absolute atomic E-state index is 0.0997. The Balaban J connectivity index is 1.99. The summed E-state index contributed by atoms with van der Waals surface area (Å²) in [5.74, 6) is -0.234. The molecule has 2 rings (SSSR count). The van der Waals surface area contributed by atoms with Crippen molar-refractivity contribution >= 4 is 35.5 Å². The van der Waals surface area contributed by atoms with Crippen LogP contribution in [0.5, 0.6) is 0 Å². The first-order chi connectivity index (χ1) is 15.2. The molecule has 0 bridgehead atoms. The van der Waals surface area contributed by atoms with Crippen LogP contribution in [0.3, 0.4) is 0 Å². The molecule has 0 aromatic heterocycles. The summed E-state index contributed by atoms with van der Waals surface area (Å²) in [6.45, 7) is 5.48. The van der Waals surface area contributed by atoms with E-state index in [4.69, 9.17) is 0 Å². The second-order valence-corrected chi connectivity index (χ2v) is 10.0. The normalized spacial score (nSPS) is 21.0. The molecule has 4 N–H and O–H groups in total. The zero-order valence-electron chi connectivity index (χ0n) is 19.4. The van der Waals surface area contributed by atoms with Gasteiger partial charge in [0.2, 0.25) is 17.7 Å². The molecule has 1 aliphatic heterocycles. The highest BCUT2D eigenvalue weighted by Gasteiger charge is 2.32. The number of hydrogen-bond acceptors (Lipinski definition) is 6. The van der Waals surface area contributed by atoms with E-state index >= 15 is 0 Å². The van der Waals surface area contributed by atoms with Crippen LogP contribution in [0.1, 0.15) is 52.4 Å². The van der Waals surface area contributed by atoms with Gasteiger partial charge in [0.1, 0.15) is 12.1 Å². The average molecular weight is 471 g/mol. The van der Waals surface area contributed by atoms with Crippen molar-refractivity contribution < 1.29 is 24.3 Å². The Hall–Kier alpha value is -1.81. The lowest BCUT2D eigenvalue weighted by Gasteiger charge is -2.32. The highest BCUT2D eigenvalue weighted by atomic mass is 32.2. The lowest BCUT2D eigenvalue weighted by Crippen LogP contribution is -2.54. The Morgan fingerprint density at radius 3 is 2.50 bits per heavy atom. The molecule has 1 saturated heterocycles. The van der Waals surface area contributed by atoms with E-state index in [2.05, 4.69) is 29.8 Å². The van der Waals surface area contributed by atoms with Crippen molar-refractivity contribution in [2.45, 2.75) is 70.5 Å². The third-order valence-corrected chi connectivity index (χ3v) is 6.89. The van der Waals surface area contributed by atoms with Gasteiger partial charge in [-0.3, -0.25) is 19.3 Å². The van der Waals surface area contributed by atoms with Gasteiger partial charge in [0, 0.05) is 25.6 Å². The van der Waals surface area contributed by atoms with Gasteiger partial charge in [0.05, 0.1) is 6.54 Å². The molecule has 0 radical (unpaired) electrons. The van der Waals surface area contributed by atoms with Crippen LogP contribution < -0.4 is 16.0 Å². The maximum atomic E-state index is 12.7. The van der Waals surface area contributed by atoms with Crippen LogP contribution in [0, 0.1) is 11.8 Å². The number of thioether (sulfide) groups is 1. The summed E-state index contributed by atoms with van der Waals surface area (Å²) in [4.78, 5) is 50.3. The molecule has 10 heteroatoms. The summed E-state index contributed by atoms with van der Waals surface area (Å²) in [6, 6.07) is -1.56. The number of carboxylic acid groups (broad SMARTS) is 1. The van der Waals surface area contributed by atoms with E-state index < -0.39 is 18.1 Å². The molecule has 182 valence electrons. The Labute approximate surface area is 194 Å². The summed E-state index contributed by atoms with van der Waals surface area (Å²) in [5, 5.41) is 17.8. The molecule has 1 heterocycles. The molecule has 1 aliphatic carbocycles. The zero-order chi connectivity index (χ0) is 23.7. The summed E-state index contributed by atoms with van der Waals surface area (Å²) in [6.07, 6.45) is 6.25. The molecule has 4 atom stereocenters. The third-order valence-electron chi connectivity index (χ3n) is 6.25. The van der Waals surface area contributed by atoms with E-state index in [0.29, 0.717) is 37.5 Å². The highest BCUT2D eigenvalue weighted by Crippen LogP contribution is 2.30. The van der Waals surface area contributed by atoms with Gasteiger partial charge in [-0.15, -0.1) is 0 Å². The van der Waals surface area contributed by atoms with Gasteiger partial charge in [-0.25, -0.2) is 4.79 Å². The van der Waals surface area contributed by atoms with Gasteiger partial charge >= 0.3 is 5.97 Å². The van der Waals surface area contributed by atoms with Crippen molar-refractivity contribution in [1.82, 2.24) is 20.9 Å². The number of rotatable bonds is 15. The first kappa shape index (κ1) is 26.4. The van der Waals surface area contributed by atoms with Crippen molar-refractivity contribution in [2.75, 3.05) is 31.6 Å². The summed E-state index contributed by atoms with van der Waals surface area (Å²) in [5.41, 5.74) is 0. The largest absolute Gasteiger partial charge is 0.480 e.